The van der Waals surface area contributed by atoms with Crippen LogP contribution >= 0.6 is 0 Å². The van der Waals surface area contributed by atoms with Crippen molar-refractivity contribution in [2.75, 3.05) is 26.2 Å². The van der Waals surface area contributed by atoms with E-state index in [-0.39, 0.29) is 10.9 Å². The predicted octanol–water partition coefficient (Wildman–Crippen LogP) is 2.23. The average molecular weight is 382 g/mol. The number of halogens is 1. The molecule has 0 bridgehead atoms. The van der Waals surface area contributed by atoms with Crippen LogP contribution in [0, 0.1) is 5.82 Å². The first-order valence-electron chi connectivity index (χ1n) is 8.74. The van der Waals surface area contributed by atoms with Crippen molar-refractivity contribution in [1.82, 2.24) is 19.3 Å². The first kappa shape index (κ1) is 18.9. The summed E-state index contributed by atoms with van der Waals surface area (Å²) in [5, 5.41) is 3.93. The van der Waals surface area contributed by atoms with Gasteiger partial charge in [-0.3, -0.25) is 4.90 Å². The highest BCUT2D eigenvalue weighted by Gasteiger charge is 2.29. The maximum atomic E-state index is 13.1. The monoisotopic (exact) mass is 382 g/mol. The summed E-state index contributed by atoms with van der Waals surface area (Å²) in [5.41, 5.74) is 0. The van der Waals surface area contributed by atoms with Crippen molar-refractivity contribution >= 4 is 10.0 Å². The molecule has 3 rings (SSSR count). The SMILES string of the molecule is CCc1noc([C@H](C)N2CCCN(S(=O)(=O)c3ccc(F)cc3)CC2)n1. The van der Waals surface area contributed by atoms with E-state index in [0.717, 1.165) is 6.54 Å². The smallest absolute Gasteiger partial charge is 0.243 e. The van der Waals surface area contributed by atoms with Crippen molar-refractivity contribution in [3.05, 3.63) is 41.8 Å². The topological polar surface area (TPSA) is 79.5 Å². The van der Waals surface area contributed by atoms with Crippen molar-refractivity contribution in [3.63, 3.8) is 0 Å². The summed E-state index contributed by atoms with van der Waals surface area (Å²) in [5.74, 6) is 0.768. The summed E-state index contributed by atoms with van der Waals surface area (Å²) >= 11 is 0. The molecule has 142 valence electrons. The van der Waals surface area contributed by atoms with Gasteiger partial charge >= 0.3 is 0 Å². The minimum atomic E-state index is -3.63. The molecule has 9 heteroatoms. The Balaban J connectivity index is 1.70. The molecule has 1 aliphatic rings. The molecular formula is C17H23FN4O3S. The van der Waals surface area contributed by atoms with Gasteiger partial charge in [0.1, 0.15) is 5.82 Å². The Bertz CT molecular complexity index is 838. The molecule has 0 amide bonds. The zero-order valence-corrected chi connectivity index (χ0v) is 15.7. The van der Waals surface area contributed by atoms with E-state index in [4.69, 9.17) is 4.52 Å². The number of nitrogens with zero attached hydrogens (tertiary/aromatic N) is 4. The number of hydrogen-bond acceptors (Lipinski definition) is 6. The minimum Gasteiger partial charge on any atom is -0.338 e. The van der Waals surface area contributed by atoms with Crippen molar-refractivity contribution in [2.24, 2.45) is 0 Å². The second kappa shape index (κ2) is 7.81. The molecule has 0 unspecified atom stereocenters. The van der Waals surface area contributed by atoms with Gasteiger partial charge in [-0.2, -0.15) is 9.29 Å². The number of aromatic nitrogens is 2. The highest BCUT2D eigenvalue weighted by molar-refractivity contribution is 7.89. The lowest BCUT2D eigenvalue weighted by Gasteiger charge is -2.25. The molecule has 1 atom stereocenters. The highest BCUT2D eigenvalue weighted by Crippen LogP contribution is 2.23. The Morgan fingerprint density at radius 2 is 1.92 bits per heavy atom. The van der Waals surface area contributed by atoms with Crippen LogP contribution in [0.5, 0.6) is 0 Å². The zero-order chi connectivity index (χ0) is 18.7. The van der Waals surface area contributed by atoms with Gasteiger partial charge in [-0.05, 0) is 37.6 Å². The van der Waals surface area contributed by atoms with Gasteiger partial charge in [-0.25, -0.2) is 12.8 Å². The maximum absolute atomic E-state index is 13.1. The predicted molar refractivity (Wildman–Crippen MR) is 93.4 cm³/mol. The van der Waals surface area contributed by atoms with Crippen LogP contribution in [0.1, 0.15) is 38.0 Å². The lowest BCUT2D eigenvalue weighted by Crippen LogP contribution is -2.36. The number of hydrogen-bond donors (Lipinski definition) is 0. The molecule has 26 heavy (non-hydrogen) atoms. The summed E-state index contributed by atoms with van der Waals surface area (Å²) in [6.45, 7) is 6.03. The lowest BCUT2D eigenvalue weighted by molar-refractivity contribution is 0.181. The third-order valence-electron chi connectivity index (χ3n) is 4.65. The molecular weight excluding hydrogens is 359 g/mol. The fraction of sp³-hybridized carbons (Fsp3) is 0.529. The van der Waals surface area contributed by atoms with Gasteiger partial charge in [0.15, 0.2) is 5.82 Å². The molecule has 1 aliphatic heterocycles. The van der Waals surface area contributed by atoms with Crippen LogP contribution in [-0.4, -0.2) is 53.9 Å². The van der Waals surface area contributed by atoms with E-state index >= 15 is 0 Å². The van der Waals surface area contributed by atoms with Gasteiger partial charge in [-0.1, -0.05) is 12.1 Å². The third-order valence-corrected chi connectivity index (χ3v) is 6.56. The van der Waals surface area contributed by atoms with Crippen molar-refractivity contribution in [2.45, 2.75) is 37.6 Å². The van der Waals surface area contributed by atoms with Crippen LogP contribution in [0.2, 0.25) is 0 Å². The molecule has 0 saturated carbocycles. The Morgan fingerprint density at radius 3 is 2.58 bits per heavy atom. The Kier molecular flexibility index (Phi) is 5.69. The van der Waals surface area contributed by atoms with Crippen LogP contribution in [0.25, 0.3) is 0 Å². The molecule has 1 saturated heterocycles. The Hall–Kier alpha value is -1.84. The minimum absolute atomic E-state index is 0.0729. The third kappa shape index (κ3) is 3.94. The lowest BCUT2D eigenvalue weighted by atomic mass is 10.2. The molecule has 0 N–H and O–H groups in total. The first-order valence-corrected chi connectivity index (χ1v) is 10.2. The van der Waals surface area contributed by atoms with Crippen LogP contribution in [0.3, 0.4) is 0 Å². The standard InChI is InChI=1S/C17H23FN4O3S/c1-3-16-19-17(25-20-16)13(2)21-9-4-10-22(12-11-21)26(23,24)15-7-5-14(18)6-8-15/h5-8,13H,3-4,9-12H2,1-2H3/t13-/m0/s1. The van der Waals surface area contributed by atoms with Crippen LogP contribution in [0.4, 0.5) is 4.39 Å². The van der Waals surface area contributed by atoms with Gasteiger partial charge in [-0.15, -0.1) is 0 Å². The van der Waals surface area contributed by atoms with E-state index in [1.165, 1.54) is 28.6 Å². The van der Waals surface area contributed by atoms with Gasteiger partial charge in [0.25, 0.3) is 0 Å². The largest absolute Gasteiger partial charge is 0.338 e. The number of benzene rings is 1. The molecule has 1 fully saturated rings. The molecule has 0 spiro atoms. The van der Waals surface area contributed by atoms with Crippen molar-refractivity contribution in [1.29, 1.82) is 0 Å². The van der Waals surface area contributed by atoms with E-state index in [9.17, 15) is 12.8 Å². The molecule has 1 aromatic carbocycles. The van der Waals surface area contributed by atoms with E-state index in [1.54, 1.807) is 0 Å². The quantitative estimate of drug-likeness (QED) is 0.789. The maximum Gasteiger partial charge on any atom is 0.243 e. The van der Waals surface area contributed by atoms with E-state index in [1.807, 2.05) is 13.8 Å². The average Bonchev–Trinajstić information content (AvgIpc) is 2.97. The summed E-state index contributed by atoms with van der Waals surface area (Å²) in [4.78, 5) is 6.63. The fourth-order valence-electron chi connectivity index (χ4n) is 3.03. The summed E-state index contributed by atoms with van der Waals surface area (Å²) in [6.07, 6.45) is 1.40. The zero-order valence-electron chi connectivity index (χ0n) is 14.9. The molecule has 0 aliphatic carbocycles. The Labute approximate surface area is 152 Å². The summed E-state index contributed by atoms with van der Waals surface area (Å²) in [7, 11) is -3.63. The van der Waals surface area contributed by atoms with Crippen LogP contribution in [0.15, 0.2) is 33.7 Å². The van der Waals surface area contributed by atoms with E-state index in [0.29, 0.717) is 44.2 Å². The molecule has 1 aromatic heterocycles. The molecule has 2 aromatic rings. The normalized spacial score (nSPS) is 18.6. The fourth-order valence-corrected chi connectivity index (χ4v) is 4.50. The second-order valence-electron chi connectivity index (χ2n) is 6.33. The van der Waals surface area contributed by atoms with Gasteiger partial charge in [0.05, 0.1) is 10.9 Å². The Morgan fingerprint density at radius 1 is 1.19 bits per heavy atom. The van der Waals surface area contributed by atoms with Gasteiger partial charge < -0.3 is 4.52 Å². The summed E-state index contributed by atoms with van der Waals surface area (Å²) < 4.78 is 45.4. The molecule has 7 nitrogen and oxygen atoms in total. The van der Waals surface area contributed by atoms with Crippen molar-refractivity contribution < 1.29 is 17.3 Å². The van der Waals surface area contributed by atoms with E-state index < -0.39 is 15.8 Å². The van der Waals surface area contributed by atoms with Crippen LogP contribution in [-0.2, 0) is 16.4 Å². The number of sulfonamides is 1. The highest BCUT2D eigenvalue weighted by atomic mass is 32.2. The van der Waals surface area contributed by atoms with E-state index in [2.05, 4.69) is 15.0 Å². The molecule has 2 heterocycles. The molecule has 0 radical (unpaired) electrons. The first-order chi connectivity index (χ1) is 12.4. The summed E-state index contributed by atoms with van der Waals surface area (Å²) in [6, 6.07) is 4.87. The number of aryl methyl sites for hydroxylation is 1. The number of rotatable bonds is 5. The van der Waals surface area contributed by atoms with Gasteiger partial charge in [0, 0.05) is 32.6 Å². The van der Waals surface area contributed by atoms with Crippen LogP contribution < -0.4 is 0 Å². The van der Waals surface area contributed by atoms with Gasteiger partial charge in [0.2, 0.25) is 15.9 Å². The van der Waals surface area contributed by atoms with Crippen molar-refractivity contribution in [3.8, 4) is 0 Å². The second-order valence-corrected chi connectivity index (χ2v) is 8.26.